The van der Waals surface area contributed by atoms with Crippen molar-refractivity contribution in [3.63, 3.8) is 0 Å². The Kier molecular flexibility index (Phi) is 7.58. The van der Waals surface area contributed by atoms with Crippen molar-refractivity contribution in [1.29, 1.82) is 0 Å². The molecule has 2 fully saturated rings. The Morgan fingerprint density at radius 3 is 2.48 bits per heavy atom. The highest BCUT2D eigenvalue weighted by atomic mass is 16.5. The van der Waals surface area contributed by atoms with Gasteiger partial charge < -0.3 is 24.3 Å². The van der Waals surface area contributed by atoms with Gasteiger partial charge in [-0.1, -0.05) is 6.92 Å². The third-order valence-corrected chi connectivity index (χ3v) is 9.45. The van der Waals surface area contributed by atoms with Crippen molar-refractivity contribution >= 4 is 23.3 Å². The SMILES string of the molecule is CCOc1ccc(-c2nc(C3(C)CCN(c4ncnc5c4C=C(c4ccc(N6CCOCC6)nc4)C5)CC3)[nH]c2C)cc1C. The van der Waals surface area contributed by atoms with Gasteiger partial charge in [0.2, 0.25) is 0 Å². The van der Waals surface area contributed by atoms with Gasteiger partial charge in [0.15, 0.2) is 0 Å². The number of aromatic amines is 1. The van der Waals surface area contributed by atoms with Crippen LogP contribution in [-0.2, 0) is 16.6 Å². The summed E-state index contributed by atoms with van der Waals surface area (Å²) >= 11 is 0. The maximum atomic E-state index is 5.75. The number of aromatic nitrogens is 5. The van der Waals surface area contributed by atoms with Crippen LogP contribution in [0.15, 0.2) is 42.9 Å². The van der Waals surface area contributed by atoms with E-state index in [0.717, 1.165) is 121 Å². The smallest absolute Gasteiger partial charge is 0.139 e. The molecule has 3 aliphatic rings. The van der Waals surface area contributed by atoms with Gasteiger partial charge in [-0.15, -0.1) is 0 Å². The molecule has 9 nitrogen and oxygen atoms in total. The molecule has 0 radical (unpaired) electrons. The summed E-state index contributed by atoms with van der Waals surface area (Å²) in [6, 6.07) is 10.7. The number of piperidine rings is 1. The zero-order chi connectivity index (χ0) is 30.3. The number of pyridine rings is 1. The Balaban J connectivity index is 1.06. The third kappa shape index (κ3) is 5.34. The van der Waals surface area contributed by atoms with E-state index in [1.807, 2.05) is 13.1 Å². The van der Waals surface area contributed by atoms with E-state index in [1.165, 1.54) is 5.57 Å². The molecular weight excluding hydrogens is 550 g/mol. The largest absolute Gasteiger partial charge is 0.494 e. The zero-order valence-electron chi connectivity index (χ0n) is 26.2. The fourth-order valence-electron chi connectivity index (χ4n) is 6.70. The number of rotatable bonds is 7. The lowest BCUT2D eigenvalue weighted by molar-refractivity contribution is 0.122. The summed E-state index contributed by atoms with van der Waals surface area (Å²) < 4.78 is 11.2. The molecule has 1 N–H and O–H groups in total. The standard InChI is InChI=1S/C35H41N7O2/c1-5-44-30-8-6-25(18-23(30)2)32-24(3)39-34(40-32)35(4)10-12-42(13-11-35)33-28-19-27(20-29(28)37-22-38-33)26-7-9-31(36-21-26)41-14-16-43-17-15-41/h6-9,18-19,21-22H,5,10-17,20H2,1-4H3,(H,39,40). The Hall–Kier alpha value is -4.24. The van der Waals surface area contributed by atoms with Gasteiger partial charge in [-0.25, -0.2) is 19.9 Å². The van der Waals surface area contributed by atoms with Crippen LogP contribution in [0.25, 0.3) is 22.9 Å². The van der Waals surface area contributed by atoms with Crippen molar-refractivity contribution in [1.82, 2.24) is 24.9 Å². The molecule has 0 unspecified atom stereocenters. The molecule has 2 saturated heterocycles. The second-order valence-corrected chi connectivity index (χ2v) is 12.4. The van der Waals surface area contributed by atoms with E-state index in [1.54, 1.807) is 6.33 Å². The van der Waals surface area contributed by atoms with Gasteiger partial charge in [-0.2, -0.15) is 0 Å². The minimum absolute atomic E-state index is 0.0368. The van der Waals surface area contributed by atoms with E-state index in [0.29, 0.717) is 6.61 Å². The van der Waals surface area contributed by atoms with Crippen molar-refractivity contribution in [2.75, 3.05) is 55.8 Å². The lowest BCUT2D eigenvalue weighted by Gasteiger charge is -2.39. The summed E-state index contributed by atoms with van der Waals surface area (Å²) in [5.74, 6) is 4.05. The van der Waals surface area contributed by atoms with Crippen molar-refractivity contribution in [2.24, 2.45) is 0 Å². The number of morpholine rings is 1. The molecule has 0 spiro atoms. The van der Waals surface area contributed by atoms with Crippen LogP contribution in [0.4, 0.5) is 11.6 Å². The number of allylic oxidation sites excluding steroid dienone is 1. The molecule has 1 aliphatic carbocycles. The summed E-state index contributed by atoms with van der Waals surface area (Å²) in [5, 5.41) is 0. The Labute approximate surface area is 259 Å². The molecule has 5 heterocycles. The minimum Gasteiger partial charge on any atom is -0.494 e. The van der Waals surface area contributed by atoms with Crippen LogP contribution >= 0.6 is 0 Å². The van der Waals surface area contributed by atoms with Gasteiger partial charge >= 0.3 is 0 Å². The van der Waals surface area contributed by atoms with Gasteiger partial charge in [0, 0.05) is 61.0 Å². The number of anilines is 2. The maximum absolute atomic E-state index is 5.75. The molecule has 2 aliphatic heterocycles. The molecule has 7 rings (SSSR count). The van der Waals surface area contributed by atoms with Crippen LogP contribution in [0, 0.1) is 13.8 Å². The predicted octanol–water partition coefficient (Wildman–Crippen LogP) is 5.77. The highest BCUT2D eigenvalue weighted by Gasteiger charge is 2.36. The Bertz CT molecular complexity index is 1680. The second kappa shape index (κ2) is 11.7. The maximum Gasteiger partial charge on any atom is 0.139 e. The monoisotopic (exact) mass is 591 g/mol. The first-order valence-electron chi connectivity index (χ1n) is 15.8. The van der Waals surface area contributed by atoms with Crippen LogP contribution in [0.3, 0.4) is 0 Å². The summed E-state index contributed by atoms with van der Waals surface area (Å²) in [6.45, 7) is 14.3. The lowest BCUT2D eigenvalue weighted by atomic mass is 9.79. The molecule has 0 atom stereocenters. The second-order valence-electron chi connectivity index (χ2n) is 12.4. The average Bonchev–Trinajstić information content (AvgIpc) is 3.67. The van der Waals surface area contributed by atoms with Crippen LogP contribution in [0.2, 0.25) is 0 Å². The molecular formula is C35H41N7O2. The van der Waals surface area contributed by atoms with Crippen LogP contribution in [-0.4, -0.2) is 70.9 Å². The number of benzene rings is 1. The zero-order valence-corrected chi connectivity index (χ0v) is 26.2. The summed E-state index contributed by atoms with van der Waals surface area (Å²) in [6.07, 6.45) is 8.77. The minimum atomic E-state index is -0.0368. The summed E-state index contributed by atoms with van der Waals surface area (Å²) in [7, 11) is 0. The van der Waals surface area contributed by atoms with E-state index in [-0.39, 0.29) is 5.41 Å². The first kappa shape index (κ1) is 28.5. The molecule has 9 heteroatoms. The Morgan fingerprint density at radius 2 is 1.75 bits per heavy atom. The molecule has 1 aromatic carbocycles. The van der Waals surface area contributed by atoms with Crippen molar-refractivity contribution in [3.05, 3.63) is 76.8 Å². The molecule has 228 valence electrons. The van der Waals surface area contributed by atoms with Crippen molar-refractivity contribution in [2.45, 2.75) is 52.4 Å². The first-order valence-corrected chi connectivity index (χ1v) is 15.8. The number of fused-ring (bicyclic) bond motifs is 1. The number of hydrogen-bond donors (Lipinski definition) is 1. The summed E-state index contributed by atoms with van der Waals surface area (Å²) in [5.41, 5.74) is 8.96. The van der Waals surface area contributed by atoms with Gasteiger partial charge in [0.25, 0.3) is 0 Å². The lowest BCUT2D eigenvalue weighted by Crippen LogP contribution is -2.42. The summed E-state index contributed by atoms with van der Waals surface area (Å²) in [4.78, 5) is 27.7. The normalized spacial score (nSPS) is 17.9. The van der Waals surface area contributed by atoms with Crippen LogP contribution < -0.4 is 14.5 Å². The third-order valence-electron chi connectivity index (χ3n) is 9.45. The van der Waals surface area contributed by atoms with Gasteiger partial charge in [0.1, 0.15) is 29.5 Å². The van der Waals surface area contributed by atoms with Crippen LogP contribution in [0.5, 0.6) is 5.75 Å². The van der Waals surface area contributed by atoms with E-state index < -0.39 is 0 Å². The van der Waals surface area contributed by atoms with E-state index in [2.05, 4.69) is 76.9 Å². The Morgan fingerprint density at radius 1 is 0.955 bits per heavy atom. The topological polar surface area (TPSA) is 92.3 Å². The molecule has 3 aromatic heterocycles. The number of ether oxygens (including phenoxy) is 2. The van der Waals surface area contributed by atoms with E-state index in [4.69, 9.17) is 24.4 Å². The fraction of sp³-hybridized carbons (Fsp3) is 0.429. The highest BCUT2D eigenvalue weighted by molar-refractivity contribution is 5.91. The first-order chi connectivity index (χ1) is 21.4. The number of hydrogen-bond acceptors (Lipinski definition) is 8. The van der Waals surface area contributed by atoms with Gasteiger partial charge in [-0.3, -0.25) is 0 Å². The van der Waals surface area contributed by atoms with Crippen molar-refractivity contribution < 1.29 is 9.47 Å². The van der Waals surface area contributed by atoms with E-state index in [9.17, 15) is 0 Å². The molecule has 0 saturated carbocycles. The molecule has 0 bridgehead atoms. The van der Waals surface area contributed by atoms with Crippen LogP contribution in [0.1, 0.15) is 60.6 Å². The fourth-order valence-corrected chi connectivity index (χ4v) is 6.70. The van der Waals surface area contributed by atoms with Crippen molar-refractivity contribution in [3.8, 4) is 17.0 Å². The molecule has 4 aromatic rings. The number of H-pyrrole nitrogens is 1. The quantitative estimate of drug-likeness (QED) is 0.290. The number of aryl methyl sites for hydroxylation is 2. The van der Waals surface area contributed by atoms with E-state index >= 15 is 0 Å². The number of nitrogens with zero attached hydrogens (tertiary/aromatic N) is 6. The number of imidazole rings is 1. The molecule has 0 amide bonds. The average molecular weight is 592 g/mol. The molecule has 44 heavy (non-hydrogen) atoms. The van der Waals surface area contributed by atoms with Gasteiger partial charge in [0.05, 0.1) is 31.2 Å². The number of nitrogens with one attached hydrogen (secondary N) is 1. The predicted molar refractivity (Wildman–Crippen MR) is 174 cm³/mol. The highest BCUT2D eigenvalue weighted by Crippen LogP contribution is 2.40. The van der Waals surface area contributed by atoms with Gasteiger partial charge in [-0.05, 0) is 86.7 Å².